The Morgan fingerprint density at radius 3 is 2.62 bits per heavy atom. The lowest BCUT2D eigenvalue weighted by Crippen LogP contribution is -2.01. The van der Waals surface area contributed by atoms with Crippen LogP contribution in [-0.2, 0) is 0 Å². The van der Waals surface area contributed by atoms with Gasteiger partial charge in [-0.05, 0) is 42.8 Å². The number of aromatic nitrogens is 3. The van der Waals surface area contributed by atoms with Crippen molar-refractivity contribution in [3.05, 3.63) is 72.6 Å². The van der Waals surface area contributed by atoms with E-state index in [1.807, 2.05) is 25.1 Å². The molecule has 0 radical (unpaired) electrons. The number of fused-ring (bicyclic) bond motifs is 1. The Morgan fingerprint density at radius 1 is 1.08 bits per heavy atom. The largest absolute Gasteiger partial charge is 0.265 e. The molecular formula is C19H14FN5S. The number of benzene rings is 1. The summed E-state index contributed by atoms with van der Waals surface area (Å²) >= 11 is 1.54. The molecule has 4 rings (SSSR count). The molecule has 7 heteroatoms. The molecule has 1 aromatic carbocycles. The first-order valence-corrected chi connectivity index (χ1v) is 8.73. The van der Waals surface area contributed by atoms with E-state index in [9.17, 15) is 4.39 Å². The summed E-state index contributed by atoms with van der Waals surface area (Å²) in [5.74, 6) is 0.389. The maximum atomic E-state index is 13.1. The first-order valence-electron chi connectivity index (χ1n) is 7.92. The van der Waals surface area contributed by atoms with Crippen molar-refractivity contribution < 1.29 is 4.39 Å². The number of hydrogen-bond acceptors (Lipinski definition) is 6. The van der Waals surface area contributed by atoms with Gasteiger partial charge < -0.3 is 0 Å². The zero-order valence-electron chi connectivity index (χ0n) is 13.8. The fourth-order valence-electron chi connectivity index (χ4n) is 2.48. The highest BCUT2D eigenvalue weighted by Crippen LogP contribution is 2.35. The molecule has 0 spiro atoms. The number of rotatable bonds is 4. The number of thiophene rings is 1. The monoisotopic (exact) mass is 363 g/mol. The molecular weight excluding hydrogens is 349 g/mol. The first kappa shape index (κ1) is 16.3. The van der Waals surface area contributed by atoms with Gasteiger partial charge in [0, 0.05) is 22.8 Å². The minimum Gasteiger partial charge on any atom is -0.265 e. The predicted octanol–water partition coefficient (Wildman–Crippen LogP) is 4.73. The van der Waals surface area contributed by atoms with Gasteiger partial charge in [0.05, 0.1) is 15.9 Å². The average Bonchev–Trinajstić information content (AvgIpc) is 3.12. The van der Waals surface area contributed by atoms with Gasteiger partial charge in [0.2, 0.25) is 0 Å². The molecule has 0 saturated carbocycles. The first-order chi connectivity index (χ1) is 12.7. The number of anilines is 1. The molecule has 0 atom stereocenters. The van der Waals surface area contributed by atoms with Crippen LogP contribution in [-0.4, -0.2) is 20.7 Å². The fourth-order valence-corrected chi connectivity index (χ4v) is 3.54. The van der Waals surface area contributed by atoms with Gasteiger partial charge in [0.1, 0.15) is 12.1 Å². The van der Waals surface area contributed by atoms with Crippen molar-refractivity contribution in [2.75, 3.05) is 5.43 Å². The van der Waals surface area contributed by atoms with Crippen LogP contribution in [0.4, 0.5) is 10.2 Å². The van der Waals surface area contributed by atoms with Crippen molar-refractivity contribution >= 4 is 33.1 Å². The molecule has 0 aliphatic carbocycles. The van der Waals surface area contributed by atoms with Gasteiger partial charge >= 0.3 is 0 Å². The normalized spacial score (nSPS) is 11.7. The summed E-state index contributed by atoms with van der Waals surface area (Å²) in [6, 6.07) is 12.2. The quantitative estimate of drug-likeness (QED) is 0.421. The van der Waals surface area contributed by atoms with Gasteiger partial charge in [0.25, 0.3) is 0 Å². The Kier molecular flexibility index (Phi) is 4.37. The van der Waals surface area contributed by atoms with Crippen LogP contribution in [0.3, 0.4) is 0 Å². The van der Waals surface area contributed by atoms with E-state index in [1.54, 1.807) is 35.9 Å². The van der Waals surface area contributed by atoms with Gasteiger partial charge in [-0.1, -0.05) is 12.1 Å². The second-order valence-corrected chi connectivity index (χ2v) is 6.65. The van der Waals surface area contributed by atoms with E-state index in [0.29, 0.717) is 5.82 Å². The van der Waals surface area contributed by atoms with Crippen LogP contribution in [0.5, 0.6) is 0 Å². The molecule has 0 aliphatic heterocycles. The van der Waals surface area contributed by atoms with E-state index in [1.165, 1.54) is 18.5 Å². The van der Waals surface area contributed by atoms with Gasteiger partial charge in [-0.25, -0.2) is 14.4 Å². The summed E-state index contributed by atoms with van der Waals surface area (Å²) in [7, 11) is 0. The number of pyridine rings is 1. The minimum atomic E-state index is -0.252. The third-order valence-corrected chi connectivity index (χ3v) is 5.05. The molecule has 0 bridgehead atoms. The second-order valence-electron chi connectivity index (χ2n) is 5.60. The Morgan fingerprint density at radius 2 is 1.85 bits per heavy atom. The Hall–Kier alpha value is -3.19. The SMILES string of the molecule is C/C(=N\Nc1ncnc2cc(-c3ccc(F)cc3)sc12)c1ccncc1. The third-order valence-electron chi connectivity index (χ3n) is 3.87. The van der Waals surface area contributed by atoms with E-state index in [-0.39, 0.29) is 5.82 Å². The van der Waals surface area contributed by atoms with Crippen LogP contribution in [0, 0.1) is 5.82 Å². The summed E-state index contributed by atoms with van der Waals surface area (Å²) in [5, 5.41) is 4.41. The van der Waals surface area contributed by atoms with Crippen molar-refractivity contribution in [2.45, 2.75) is 6.92 Å². The number of halogens is 1. The molecule has 0 saturated heterocycles. The van der Waals surface area contributed by atoms with Crippen LogP contribution in [0.15, 0.2) is 66.3 Å². The van der Waals surface area contributed by atoms with Crippen LogP contribution >= 0.6 is 11.3 Å². The highest BCUT2D eigenvalue weighted by atomic mass is 32.1. The zero-order valence-corrected chi connectivity index (χ0v) is 14.7. The summed E-state index contributed by atoms with van der Waals surface area (Å²) in [4.78, 5) is 13.6. The lowest BCUT2D eigenvalue weighted by molar-refractivity contribution is 0.628. The van der Waals surface area contributed by atoms with Crippen molar-refractivity contribution in [2.24, 2.45) is 5.10 Å². The summed E-state index contributed by atoms with van der Waals surface area (Å²) in [6.45, 7) is 1.92. The Bertz CT molecular complexity index is 1070. The lowest BCUT2D eigenvalue weighted by Gasteiger charge is -2.03. The van der Waals surface area contributed by atoms with Gasteiger partial charge in [0.15, 0.2) is 5.82 Å². The van der Waals surface area contributed by atoms with Crippen LogP contribution in [0.2, 0.25) is 0 Å². The molecule has 0 amide bonds. The lowest BCUT2D eigenvalue weighted by atomic mass is 10.2. The van der Waals surface area contributed by atoms with E-state index in [2.05, 4.69) is 25.5 Å². The summed E-state index contributed by atoms with van der Waals surface area (Å²) in [6.07, 6.45) is 4.96. The second kappa shape index (κ2) is 6.97. The maximum Gasteiger partial charge on any atom is 0.167 e. The van der Waals surface area contributed by atoms with E-state index < -0.39 is 0 Å². The number of nitrogens with one attached hydrogen (secondary N) is 1. The minimum absolute atomic E-state index is 0.252. The molecule has 5 nitrogen and oxygen atoms in total. The molecule has 128 valence electrons. The third kappa shape index (κ3) is 3.29. The Balaban J connectivity index is 1.67. The molecule has 0 fully saturated rings. The van der Waals surface area contributed by atoms with E-state index in [4.69, 9.17) is 0 Å². The number of nitrogens with zero attached hydrogens (tertiary/aromatic N) is 4. The zero-order chi connectivity index (χ0) is 17.9. The average molecular weight is 363 g/mol. The molecule has 0 unspecified atom stereocenters. The van der Waals surface area contributed by atoms with Crippen LogP contribution in [0.25, 0.3) is 20.7 Å². The highest BCUT2D eigenvalue weighted by molar-refractivity contribution is 7.22. The number of hydrazone groups is 1. The van der Waals surface area contributed by atoms with Crippen molar-refractivity contribution in [3.8, 4) is 10.4 Å². The molecule has 26 heavy (non-hydrogen) atoms. The molecule has 0 aliphatic rings. The topological polar surface area (TPSA) is 63.1 Å². The molecule has 1 N–H and O–H groups in total. The van der Waals surface area contributed by atoms with Gasteiger partial charge in [-0.15, -0.1) is 11.3 Å². The van der Waals surface area contributed by atoms with Crippen LogP contribution < -0.4 is 5.43 Å². The fraction of sp³-hybridized carbons (Fsp3) is 0.0526. The maximum absolute atomic E-state index is 13.1. The van der Waals surface area contributed by atoms with Crippen molar-refractivity contribution in [1.82, 2.24) is 15.0 Å². The molecule has 3 aromatic heterocycles. The van der Waals surface area contributed by atoms with Crippen LogP contribution in [0.1, 0.15) is 12.5 Å². The molecule has 4 aromatic rings. The number of hydrogen-bond donors (Lipinski definition) is 1. The van der Waals surface area contributed by atoms with Crippen molar-refractivity contribution in [1.29, 1.82) is 0 Å². The van der Waals surface area contributed by atoms with Crippen molar-refractivity contribution in [3.63, 3.8) is 0 Å². The smallest absolute Gasteiger partial charge is 0.167 e. The standard InChI is InChI=1S/C19H14FN5S/c1-12(13-6-8-21-9-7-13)24-25-19-18-16(22-11-23-19)10-17(26-18)14-2-4-15(20)5-3-14/h2-11H,1H3,(H,22,23,25)/b24-12+. The van der Waals surface area contributed by atoms with E-state index >= 15 is 0 Å². The van der Waals surface area contributed by atoms with E-state index in [0.717, 1.165) is 31.9 Å². The highest BCUT2D eigenvalue weighted by Gasteiger charge is 2.10. The Labute approximate surface area is 153 Å². The summed E-state index contributed by atoms with van der Waals surface area (Å²) < 4.78 is 14.0. The predicted molar refractivity (Wildman–Crippen MR) is 103 cm³/mol. The van der Waals surface area contributed by atoms with Gasteiger partial charge in [-0.2, -0.15) is 5.10 Å². The molecule has 3 heterocycles. The van der Waals surface area contributed by atoms with Gasteiger partial charge in [-0.3, -0.25) is 10.4 Å². The summed E-state index contributed by atoms with van der Waals surface area (Å²) in [5.41, 5.74) is 6.60.